The molecule has 0 aliphatic heterocycles. The minimum Gasteiger partial charge on any atom is -0.508 e. The molecule has 8 heteroatoms. The van der Waals surface area contributed by atoms with E-state index in [0.29, 0.717) is 23.8 Å². The van der Waals surface area contributed by atoms with Gasteiger partial charge < -0.3 is 14.5 Å². The Bertz CT molecular complexity index is 861. The van der Waals surface area contributed by atoms with Crippen LogP contribution in [0.2, 0.25) is 0 Å². The number of hydrogen-bond donors (Lipinski definition) is 1. The summed E-state index contributed by atoms with van der Waals surface area (Å²) >= 11 is 0. The number of nitrogens with zero attached hydrogens (tertiary/aromatic N) is 4. The van der Waals surface area contributed by atoms with Gasteiger partial charge in [-0.25, -0.2) is 0 Å². The van der Waals surface area contributed by atoms with E-state index in [1.54, 1.807) is 30.3 Å². The monoisotopic (exact) mass is 326 g/mol. The molecule has 2 aromatic carbocycles. The van der Waals surface area contributed by atoms with Crippen LogP contribution in [0.1, 0.15) is 5.89 Å². The zero-order chi connectivity index (χ0) is 17.1. The average Bonchev–Trinajstić information content (AvgIpc) is 3.03. The minimum absolute atomic E-state index is 0.00564. The maximum atomic E-state index is 10.7. The van der Waals surface area contributed by atoms with Crippen LogP contribution in [0.3, 0.4) is 0 Å². The zero-order valence-electron chi connectivity index (χ0n) is 12.8. The highest BCUT2D eigenvalue weighted by molar-refractivity contribution is 5.56. The Morgan fingerprint density at radius 1 is 1.25 bits per heavy atom. The first-order chi connectivity index (χ1) is 11.5. The van der Waals surface area contributed by atoms with E-state index >= 15 is 0 Å². The SMILES string of the molecule is CN(Cc1nc(-c2ccc([N+](=O)[O-])cc2)no1)c1cccc(O)c1. The van der Waals surface area contributed by atoms with Gasteiger partial charge >= 0.3 is 0 Å². The Hall–Kier alpha value is -3.42. The van der Waals surface area contributed by atoms with E-state index in [1.165, 1.54) is 12.1 Å². The first-order valence-electron chi connectivity index (χ1n) is 7.10. The lowest BCUT2D eigenvalue weighted by Gasteiger charge is -2.16. The molecule has 0 saturated heterocycles. The standard InChI is InChI=1S/C16H14N4O4/c1-19(13-3-2-4-14(21)9-13)10-15-17-16(18-24-15)11-5-7-12(8-6-11)20(22)23/h2-9,21H,10H2,1H3. The largest absolute Gasteiger partial charge is 0.508 e. The van der Waals surface area contributed by atoms with Gasteiger partial charge in [0.15, 0.2) is 0 Å². The van der Waals surface area contributed by atoms with Crippen molar-refractivity contribution in [3.8, 4) is 17.1 Å². The number of rotatable bonds is 5. The number of nitro benzene ring substituents is 1. The van der Waals surface area contributed by atoms with Crippen molar-refractivity contribution in [2.45, 2.75) is 6.54 Å². The van der Waals surface area contributed by atoms with Crippen molar-refractivity contribution in [2.24, 2.45) is 0 Å². The average molecular weight is 326 g/mol. The molecule has 1 heterocycles. The van der Waals surface area contributed by atoms with Gasteiger partial charge in [0.1, 0.15) is 5.75 Å². The second kappa shape index (κ2) is 6.37. The van der Waals surface area contributed by atoms with Gasteiger partial charge in [-0.2, -0.15) is 4.98 Å². The first kappa shape index (κ1) is 15.5. The van der Waals surface area contributed by atoms with Gasteiger partial charge in [-0.05, 0) is 24.3 Å². The predicted octanol–water partition coefficient (Wildman–Crippen LogP) is 2.99. The maximum Gasteiger partial charge on any atom is 0.269 e. The molecule has 24 heavy (non-hydrogen) atoms. The third-order valence-electron chi connectivity index (χ3n) is 3.45. The van der Waals surface area contributed by atoms with Crippen molar-refractivity contribution in [3.63, 3.8) is 0 Å². The van der Waals surface area contributed by atoms with Gasteiger partial charge in [0.25, 0.3) is 5.69 Å². The Morgan fingerprint density at radius 2 is 2.00 bits per heavy atom. The quantitative estimate of drug-likeness (QED) is 0.567. The van der Waals surface area contributed by atoms with Gasteiger partial charge in [-0.15, -0.1) is 0 Å². The van der Waals surface area contributed by atoms with Crippen LogP contribution in [0, 0.1) is 10.1 Å². The summed E-state index contributed by atoms with van der Waals surface area (Å²) in [7, 11) is 1.84. The fourth-order valence-electron chi connectivity index (χ4n) is 2.19. The van der Waals surface area contributed by atoms with Crippen LogP contribution < -0.4 is 4.90 Å². The Morgan fingerprint density at radius 3 is 2.67 bits per heavy atom. The highest BCUT2D eigenvalue weighted by atomic mass is 16.6. The van der Waals surface area contributed by atoms with E-state index in [2.05, 4.69) is 10.1 Å². The normalized spacial score (nSPS) is 10.5. The molecule has 0 atom stereocenters. The molecule has 1 aromatic heterocycles. The lowest BCUT2D eigenvalue weighted by atomic mass is 10.2. The zero-order valence-corrected chi connectivity index (χ0v) is 12.8. The number of nitro groups is 1. The predicted molar refractivity (Wildman–Crippen MR) is 86.6 cm³/mol. The molecule has 1 N–H and O–H groups in total. The molecular formula is C16H14N4O4. The second-order valence-corrected chi connectivity index (χ2v) is 5.19. The third-order valence-corrected chi connectivity index (χ3v) is 3.45. The molecule has 3 rings (SSSR count). The van der Waals surface area contributed by atoms with E-state index in [4.69, 9.17) is 4.52 Å². The van der Waals surface area contributed by atoms with Crippen LogP contribution >= 0.6 is 0 Å². The maximum absolute atomic E-state index is 10.7. The smallest absolute Gasteiger partial charge is 0.269 e. The third kappa shape index (κ3) is 3.32. The van der Waals surface area contributed by atoms with Crippen LogP contribution in [0.25, 0.3) is 11.4 Å². The van der Waals surface area contributed by atoms with E-state index in [9.17, 15) is 15.2 Å². The summed E-state index contributed by atoms with van der Waals surface area (Å²) in [6.07, 6.45) is 0. The Balaban J connectivity index is 1.74. The van der Waals surface area contributed by atoms with Crippen LogP contribution in [0.15, 0.2) is 53.1 Å². The molecule has 0 radical (unpaired) electrons. The van der Waals surface area contributed by atoms with Crippen molar-refractivity contribution in [1.82, 2.24) is 10.1 Å². The number of hydrogen-bond acceptors (Lipinski definition) is 7. The lowest BCUT2D eigenvalue weighted by molar-refractivity contribution is -0.384. The van der Waals surface area contributed by atoms with Crippen LogP contribution in [0.5, 0.6) is 5.75 Å². The van der Waals surface area contributed by atoms with Gasteiger partial charge in [-0.3, -0.25) is 10.1 Å². The number of benzene rings is 2. The van der Waals surface area contributed by atoms with Crippen LogP contribution in [0.4, 0.5) is 11.4 Å². The fraction of sp³-hybridized carbons (Fsp3) is 0.125. The molecule has 0 aliphatic carbocycles. The van der Waals surface area contributed by atoms with E-state index < -0.39 is 4.92 Å². The molecule has 0 amide bonds. The molecule has 0 spiro atoms. The molecule has 0 unspecified atom stereocenters. The summed E-state index contributed by atoms with van der Waals surface area (Å²) < 4.78 is 5.22. The van der Waals surface area contributed by atoms with Crippen molar-refractivity contribution in [2.75, 3.05) is 11.9 Å². The van der Waals surface area contributed by atoms with Crippen LogP contribution in [-0.2, 0) is 6.54 Å². The molecule has 0 aliphatic rings. The molecule has 0 saturated carbocycles. The highest BCUT2D eigenvalue weighted by Crippen LogP contribution is 2.22. The molecule has 0 fully saturated rings. The number of aromatic nitrogens is 2. The Kier molecular flexibility index (Phi) is 4.11. The van der Waals surface area contributed by atoms with Crippen molar-refractivity contribution >= 4 is 11.4 Å². The molecule has 3 aromatic rings. The lowest BCUT2D eigenvalue weighted by Crippen LogP contribution is -2.16. The number of phenols is 1. The second-order valence-electron chi connectivity index (χ2n) is 5.19. The first-order valence-corrected chi connectivity index (χ1v) is 7.10. The van der Waals surface area contributed by atoms with Gasteiger partial charge in [0.05, 0.1) is 11.5 Å². The van der Waals surface area contributed by atoms with Crippen molar-refractivity contribution in [1.29, 1.82) is 0 Å². The van der Waals surface area contributed by atoms with Crippen molar-refractivity contribution in [3.05, 3.63) is 64.5 Å². The molecular weight excluding hydrogens is 312 g/mol. The number of anilines is 1. The van der Waals surface area contributed by atoms with E-state index in [0.717, 1.165) is 5.69 Å². The number of aromatic hydroxyl groups is 1. The fourth-order valence-corrected chi connectivity index (χ4v) is 2.19. The summed E-state index contributed by atoms with van der Waals surface area (Å²) in [5, 5.41) is 24.1. The summed E-state index contributed by atoms with van der Waals surface area (Å²) in [6, 6.07) is 12.8. The van der Waals surface area contributed by atoms with E-state index in [1.807, 2.05) is 18.0 Å². The molecule has 0 bridgehead atoms. The molecule has 8 nitrogen and oxygen atoms in total. The topological polar surface area (TPSA) is 106 Å². The van der Waals surface area contributed by atoms with Gasteiger partial charge in [0, 0.05) is 36.5 Å². The Labute approximate surface area is 137 Å². The molecule has 122 valence electrons. The van der Waals surface area contributed by atoms with Crippen molar-refractivity contribution < 1.29 is 14.6 Å². The van der Waals surface area contributed by atoms with Gasteiger partial charge in [-0.1, -0.05) is 11.2 Å². The van der Waals surface area contributed by atoms with Gasteiger partial charge in [0.2, 0.25) is 11.7 Å². The summed E-state index contributed by atoms with van der Waals surface area (Å²) in [5.41, 5.74) is 1.45. The number of phenolic OH excluding ortho intramolecular Hbond substituents is 1. The van der Waals surface area contributed by atoms with Crippen LogP contribution in [-0.4, -0.2) is 27.2 Å². The highest BCUT2D eigenvalue weighted by Gasteiger charge is 2.13. The van der Waals surface area contributed by atoms with E-state index in [-0.39, 0.29) is 11.4 Å². The summed E-state index contributed by atoms with van der Waals surface area (Å²) in [4.78, 5) is 16.3. The minimum atomic E-state index is -0.463. The summed E-state index contributed by atoms with van der Waals surface area (Å²) in [5.74, 6) is 0.940. The summed E-state index contributed by atoms with van der Waals surface area (Å²) in [6.45, 7) is 0.365. The number of non-ortho nitro benzene ring substituents is 1.